The van der Waals surface area contributed by atoms with E-state index in [-0.39, 0.29) is 10.5 Å². The van der Waals surface area contributed by atoms with Crippen LogP contribution in [-0.2, 0) is 0 Å². The Morgan fingerprint density at radius 3 is 2.89 bits per heavy atom. The molecule has 0 aliphatic carbocycles. The number of benzene rings is 3. The molecule has 27 heavy (non-hydrogen) atoms. The Hall–Kier alpha value is -2.37. The van der Waals surface area contributed by atoms with E-state index >= 15 is 0 Å². The second-order valence-corrected chi connectivity index (χ2v) is 9.48. The van der Waals surface area contributed by atoms with Gasteiger partial charge < -0.3 is 5.32 Å². The summed E-state index contributed by atoms with van der Waals surface area (Å²) >= 11 is 3.34. The first-order valence-corrected chi connectivity index (χ1v) is 10.7. The van der Waals surface area contributed by atoms with Crippen LogP contribution in [0.2, 0.25) is 0 Å². The van der Waals surface area contributed by atoms with Crippen molar-refractivity contribution >= 4 is 61.2 Å². The lowest BCUT2D eigenvalue weighted by Crippen LogP contribution is -2.25. The zero-order chi connectivity index (χ0) is 18.6. The van der Waals surface area contributed by atoms with Crippen molar-refractivity contribution in [1.29, 1.82) is 0 Å². The van der Waals surface area contributed by atoms with Crippen molar-refractivity contribution in [3.8, 4) is 0 Å². The molecule has 1 atom stereocenters. The van der Waals surface area contributed by atoms with Gasteiger partial charge in [0.1, 0.15) is 0 Å². The van der Waals surface area contributed by atoms with E-state index in [4.69, 9.17) is 0 Å². The van der Waals surface area contributed by atoms with Crippen molar-refractivity contribution in [2.45, 2.75) is 29.9 Å². The molecule has 0 saturated carbocycles. The lowest BCUT2D eigenvalue weighted by Gasteiger charge is -2.17. The molecule has 5 heteroatoms. The summed E-state index contributed by atoms with van der Waals surface area (Å²) in [7, 11) is 0. The predicted octanol–water partition coefficient (Wildman–Crippen LogP) is 6.65. The summed E-state index contributed by atoms with van der Waals surface area (Å²) in [5, 5.41) is 5.76. The fourth-order valence-corrected chi connectivity index (χ4v) is 5.50. The number of nitrogens with zero attached hydrogens (tertiary/aromatic N) is 1. The van der Waals surface area contributed by atoms with Gasteiger partial charge in [0, 0.05) is 27.2 Å². The maximum absolute atomic E-state index is 12.8. The lowest BCUT2D eigenvalue weighted by molar-refractivity contribution is 0.0952. The third-order valence-corrected chi connectivity index (χ3v) is 7.62. The average molecular weight is 391 g/mol. The van der Waals surface area contributed by atoms with Crippen LogP contribution in [-0.4, -0.2) is 15.5 Å². The van der Waals surface area contributed by atoms with E-state index in [0.717, 1.165) is 44.5 Å². The fourth-order valence-electron chi connectivity index (χ4n) is 3.57. The van der Waals surface area contributed by atoms with Crippen LogP contribution in [0.15, 0.2) is 58.9 Å². The largest absolute Gasteiger partial charge is 0.355 e. The van der Waals surface area contributed by atoms with Crippen LogP contribution < -0.4 is 5.32 Å². The predicted molar refractivity (Wildman–Crippen MR) is 116 cm³/mol. The van der Waals surface area contributed by atoms with Gasteiger partial charge in [-0.3, -0.25) is 4.79 Å². The SMILES string of the molecule is CCC1(C)Sc2cc3c(Nc4ccc5scnc5c4)cccc3cc2C1=O. The van der Waals surface area contributed by atoms with Gasteiger partial charge in [-0.05, 0) is 55.1 Å². The highest BCUT2D eigenvalue weighted by Gasteiger charge is 2.41. The Bertz CT molecular complexity index is 1210. The summed E-state index contributed by atoms with van der Waals surface area (Å²) < 4.78 is 0.841. The van der Waals surface area contributed by atoms with E-state index in [1.807, 2.05) is 18.5 Å². The summed E-state index contributed by atoms with van der Waals surface area (Å²) in [6, 6.07) is 16.7. The van der Waals surface area contributed by atoms with Crippen molar-refractivity contribution in [2.75, 3.05) is 5.32 Å². The number of thiazole rings is 1. The van der Waals surface area contributed by atoms with Crippen LogP contribution in [0.1, 0.15) is 30.6 Å². The topological polar surface area (TPSA) is 42.0 Å². The van der Waals surface area contributed by atoms with Gasteiger partial charge in [0.2, 0.25) is 0 Å². The number of hydrogen-bond acceptors (Lipinski definition) is 5. The van der Waals surface area contributed by atoms with E-state index in [9.17, 15) is 4.79 Å². The van der Waals surface area contributed by atoms with Gasteiger partial charge in [0.05, 0.1) is 20.5 Å². The number of Topliss-reactive ketones (excluding diaryl/α,β-unsaturated/α-hetero) is 1. The maximum atomic E-state index is 12.8. The molecule has 0 bridgehead atoms. The average Bonchev–Trinajstić information content (AvgIpc) is 3.24. The molecule has 134 valence electrons. The van der Waals surface area contributed by atoms with Crippen LogP contribution >= 0.6 is 23.1 Å². The van der Waals surface area contributed by atoms with Gasteiger partial charge in [0.25, 0.3) is 0 Å². The summed E-state index contributed by atoms with van der Waals surface area (Å²) in [5.74, 6) is 0.249. The van der Waals surface area contributed by atoms with Gasteiger partial charge in [0.15, 0.2) is 5.78 Å². The highest BCUT2D eigenvalue weighted by atomic mass is 32.2. The second-order valence-electron chi connectivity index (χ2n) is 7.05. The number of carbonyl (C=O) groups excluding carboxylic acids is 1. The minimum absolute atomic E-state index is 0.249. The normalized spacial score (nSPS) is 19.0. The Morgan fingerprint density at radius 2 is 2.04 bits per heavy atom. The molecule has 0 spiro atoms. The zero-order valence-corrected chi connectivity index (χ0v) is 16.7. The van der Waals surface area contributed by atoms with E-state index in [0.29, 0.717) is 0 Å². The molecule has 1 unspecified atom stereocenters. The molecule has 0 saturated heterocycles. The standard InChI is InChI=1S/C22H18N2OS2/c1-3-22(2)21(25)16-9-13-5-4-6-17(15(13)11-20(16)27-22)24-14-7-8-19-18(10-14)23-12-26-19/h4-12,24H,3H2,1-2H3. The maximum Gasteiger partial charge on any atom is 0.180 e. The molecule has 1 aliphatic rings. The van der Waals surface area contributed by atoms with Crippen LogP contribution in [0, 0.1) is 0 Å². The zero-order valence-electron chi connectivity index (χ0n) is 15.1. The van der Waals surface area contributed by atoms with Crippen LogP contribution in [0.25, 0.3) is 21.0 Å². The summed E-state index contributed by atoms with van der Waals surface area (Å²) in [5.41, 5.74) is 5.80. The molecule has 5 rings (SSSR count). The summed E-state index contributed by atoms with van der Waals surface area (Å²) in [6.07, 6.45) is 0.834. The molecule has 1 N–H and O–H groups in total. The van der Waals surface area contributed by atoms with Crippen molar-refractivity contribution in [2.24, 2.45) is 0 Å². The first-order valence-electron chi connectivity index (χ1n) is 8.98. The first-order chi connectivity index (χ1) is 13.1. The first kappa shape index (κ1) is 16.8. The number of aromatic nitrogens is 1. The van der Waals surface area contributed by atoms with E-state index in [1.54, 1.807) is 23.1 Å². The van der Waals surface area contributed by atoms with Crippen molar-refractivity contribution in [3.63, 3.8) is 0 Å². The highest BCUT2D eigenvalue weighted by Crippen LogP contribution is 2.48. The number of ketones is 1. The van der Waals surface area contributed by atoms with Crippen LogP contribution in [0.3, 0.4) is 0 Å². The van der Waals surface area contributed by atoms with Gasteiger partial charge in [-0.1, -0.05) is 19.1 Å². The fraction of sp³-hybridized carbons (Fsp3) is 0.182. The van der Waals surface area contributed by atoms with E-state index in [1.165, 1.54) is 4.70 Å². The van der Waals surface area contributed by atoms with Crippen molar-refractivity contribution < 1.29 is 4.79 Å². The van der Waals surface area contributed by atoms with Gasteiger partial charge in [-0.15, -0.1) is 23.1 Å². The summed E-state index contributed by atoms with van der Waals surface area (Å²) in [6.45, 7) is 4.13. The molecule has 0 amide bonds. The number of nitrogens with one attached hydrogen (secondary N) is 1. The molecule has 1 aliphatic heterocycles. The number of rotatable bonds is 3. The van der Waals surface area contributed by atoms with Gasteiger partial charge in [-0.2, -0.15) is 0 Å². The van der Waals surface area contributed by atoms with Gasteiger partial charge >= 0.3 is 0 Å². The second kappa shape index (κ2) is 6.08. The van der Waals surface area contributed by atoms with E-state index in [2.05, 4.69) is 59.7 Å². The molecule has 3 nitrogen and oxygen atoms in total. The Balaban J connectivity index is 1.60. The van der Waals surface area contributed by atoms with Crippen molar-refractivity contribution in [3.05, 3.63) is 59.6 Å². The van der Waals surface area contributed by atoms with Crippen LogP contribution in [0.4, 0.5) is 11.4 Å². The van der Waals surface area contributed by atoms with Crippen molar-refractivity contribution in [1.82, 2.24) is 4.98 Å². The number of thioether (sulfide) groups is 1. The molecule has 1 aromatic heterocycles. The third kappa shape index (κ3) is 2.65. The monoisotopic (exact) mass is 390 g/mol. The Labute approximate surface area is 165 Å². The number of fused-ring (bicyclic) bond motifs is 3. The smallest absolute Gasteiger partial charge is 0.180 e. The number of anilines is 2. The molecule has 0 fully saturated rings. The minimum Gasteiger partial charge on any atom is -0.355 e. The molecule has 2 heterocycles. The quantitative estimate of drug-likeness (QED) is 0.425. The number of carbonyl (C=O) groups is 1. The lowest BCUT2D eigenvalue weighted by atomic mass is 9.95. The molecule has 0 radical (unpaired) electrons. The van der Waals surface area contributed by atoms with E-state index < -0.39 is 0 Å². The molecule has 4 aromatic rings. The minimum atomic E-state index is -0.344. The Kier molecular flexibility index (Phi) is 3.78. The Morgan fingerprint density at radius 1 is 1.15 bits per heavy atom. The molecule has 3 aromatic carbocycles. The third-order valence-electron chi connectivity index (χ3n) is 5.32. The van der Waals surface area contributed by atoms with Gasteiger partial charge in [-0.25, -0.2) is 4.98 Å². The molecular formula is C22H18N2OS2. The molecular weight excluding hydrogens is 372 g/mol. The van der Waals surface area contributed by atoms with Crippen LogP contribution in [0.5, 0.6) is 0 Å². The summed E-state index contributed by atoms with van der Waals surface area (Å²) in [4.78, 5) is 18.3. The number of hydrogen-bond donors (Lipinski definition) is 1. The highest BCUT2D eigenvalue weighted by molar-refractivity contribution is 8.02.